The zero-order valence-electron chi connectivity index (χ0n) is 10.2. The molecule has 2 heterocycles. The van der Waals surface area contributed by atoms with Crippen molar-refractivity contribution in [2.75, 3.05) is 30.8 Å². The Kier molecular flexibility index (Phi) is 4.93. The van der Waals surface area contributed by atoms with Crippen molar-refractivity contribution in [2.24, 2.45) is 5.84 Å². The number of hydrogen-bond acceptors (Lipinski definition) is 8. The Bertz CT molecular complexity index is 441. The number of anilines is 1. The number of hydrogen-bond donors (Lipinski definition) is 3. The molecule has 1 aliphatic heterocycles. The number of carbonyl (C=O) groups excluding carboxylic acids is 1. The monoisotopic (exact) mass is 285 g/mol. The molecule has 1 aliphatic rings. The van der Waals surface area contributed by atoms with E-state index in [1.807, 2.05) is 9.73 Å². The highest BCUT2D eigenvalue weighted by molar-refractivity contribution is 7.98. The first kappa shape index (κ1) is 14.0. The second kappa shape index (κ2) is 6.68. The predicted molar refractivity (Wildman–Crippen MR) is 70.1 cm³/mol. The van der Waals surface area contributed by atoms with Gasteiger partial charge in [-0.1, -0.05) is 0 Å². The van der Waals surface area contributed by atoms with Crippen LogP contribution < -0.4 is 15.7 Å². The Morgan fingerprint density at radius 1 is 1.53 bits per heavy atom. The largest absolute Gasteiger partial charge is 0.379 e. The molecule has 104 valence electrons. The number of carbonyl (C=O) groups is 1. The maximum Gasteiger partial charge on any atom is 0.266 e. The van der Waals surface area contributed by atoms with Gasteiger partial charge in [-0.15, -0.1) is 0 Å². The van der Waals surface area contributed by atoms with Gasteiger partial charge in [0, 0.05) is 19.3 Å². The van der Waals surface area contributed by atoms with E-state index in [9.17, 15) is 10.0 Å². The summed E-state index contributed by atoms with van der Waals surface area (Å²) in [7, 11) is 0. The molecular weight excluding hydrogens is 270 g/mol. The number of ether oxygens (including phenoxy) is 1. The number of rotatable bonds is 4. The summed E-state index contributed by atoms with van der Waals surface area (Å²) >= 11 is 1.14. The number of aromatic nitrogens is 1. The van der Waals surface area contributed by atoms with Crippen molar-refractivity contribution in [1.29, 1.82) is 0 Å². The smallest absolute Gasteiger partial charge is 0.266 e. The molecule has 4 N–H and O–H groups in total. The first-order chi connectivity index (χ1) is 9.20. The number of nitrogens with two attached hydrogens (primary N) is 1. The van der Waals surface area contributed by atoms with Crippen LogP contribution in [0.3, 0.4) is 0 Å². The fourth-order valence-corrected chi connectivity index (χ4v) is 2.25. The molecule has 2 rings (SSSR count). The minimum atomic E-state index is -0.459. The number of nitrogen functional groups attached to an aromatic ring is 1. The van der Waals surface area contributed by atoms with Crippen molar-refractivity contribution in [2.45, 2.75) is 0 Å². The van der Waals surface area contributed by atoms with Gasteiger partial charge in [-0.05, 0) is 6.07 Å². The average molecular weight is 285 g/mol. The third kappa shape index (κ3) is 3.78. The van der Waals surface area contributed by atoms with Gasteiger partial charge in [0.2, 0.25) is 0 Å². The highest BCUT2D eigenvalue weighted by Gasteiger charge is 2.16. The van der Waals surface area contributed by atoms with E-state index in [0.29, 0.717) is 18.9 Å². The van der Waals surface area contributed by atoms with Gasteiger partial charge >= 0.3 is 0 Å². The van der Waals surface area contributed by atoms with Gasteiger partial charge in [-0.3, -0.25) is 20.4 Å². The van der Waals surface area contributed by atoms with Crippen LogP contribution in [0.15, 0.2) is 18.5 Å². The highest BCUT2D eigenvalue weighted by atomic mass is 32.2. The fourth-order valence-electron chi connectivity index (χ4n) is 1.52. The highest BCUT2D eigenvalue weighted by Crippen LogP contribution is 2.23. The Labute approximate surface area is 114 Å². The lowest BCUT2D eigenvalue weighted by Crippen LogP contribution is -2.34. The van der Waals surface area contributed by atoms with E-state index < -0.39 is 5.91 Å². The number of hydrazine groups is 1. The SMILES string of the molecule is NNC(=O)c1cncc(N(O)SN2CCOCC2)c1. The average Bonchev–Trinajstić information content (AvgIpc) is 2.47. The Hall–Kier alpha value is -1.39. The van der Waals surface area contributed by atoms with Gasteiger partial charge in [-0.2, -0.15) is 4.47 Å². The normalized spacial score (nSPS) is 16.1. The minimum absolute atomic E-state index is 0.279. The van der Waals surface area contributed by atoms with E-state index in [1.165, 1.54) is 18.5 Å². The standard InChI is InChI=1S/C10H15N5O3S/c11-13-10(16)8-5-9(7-12-6-8)15(17)19-14-1-3-18-4-2-14/h5-7,17H,1-4,11H2,(H,13,16). The molecule has 0 aromatic carbocycles. The van der Waals surface area contributed by atoms with E-state index in [2.05, 4.69) is 4.98 Å². The number of amides is 1. The molecular formula is C10H15N5O3S. The van der Waals surface area contributed by atoms with Gasteiger partial charge in [0.15, 0.2) is 0 Å². The number of nitrogens with one attached hydrogen (secondary N) is 1. The second-order valence-electron chi connectivity index (χ2n) is 3.80. The Morgan fingerprint density at radius 2 is 2.26 bits per heavy atom. The molecule has 19 heavy (non-hydrogen) atoms. The molecule has 1 saturated heterocycles. The van der Waals surface area contributed by atoms with Gasteiger partial charge in [-0.25, -0.2) is 10.1 Å². The van der Waals surface area contributed by atoms with Crippen molar-refractivity contribution < 1.29 is 14.7 Å². The first-order valence-electron chi connectivity index (χ1n) is 5.66. The molecule has 0 radical (unpaired) electrons. The quantitative estimate of drug-likeness (QED) is 0.302. The maximum absolute atomic E-state index is 11.4. The molecule has 1 fully saturated rings. The third-order valence-corrected chi connectivity index (χ3v) is 3.46. The van der Waals surface area contributed by atoms with Crippen LogP contribution in [-0.4, -0.2) is 46.7 Å². The summed E-state index contributed by atoms with van der Waals surface area (Å²) in [6, 6.07) is 1.50. The molecule has 1 aromatic heterocycles. The zero-order chi connectivity index (χ0) is 13.7. The molecule has 9 heteroatoms. The zero-order valence-corrected chi connectivity index (χ0v) is 11.0. The topological polar surface area (TPSA) is 104 Å². The molecule has 0 unspecified atom stereocenters. The fraction of sp³-hybridized carbons (Fsp3) is 0.400. The van der Waals surface area contributed by atoms with Crippen LogP contribution in [0.25, 0.3) is 0 Å². The lowest BCUT2D eigenvalue weighted by Gasteiger charge is -2.28. The Morgan fingerprint density at radius 3 is 2.95 bits per heavy atom. The van der Waals surface area contributed by atoms with E-state index in [0.717, 1.165) is 29.7 Å². The molecule has 0 saturated carbocycles. The second-order valence-corrected chi connectivity index (χ2v) is 4.83. The van der Waals surface area contributed by atoms with Crippen LogP contribution in [0.4, 0.5) is 5.69 Å². The summed E-state index contributed by atoms with van der Waals surface area (Å²) in [6.07, 6.45) is 2.83. The third-order valence-electron chi connectivity index (χ3n) is 2.50. The predicted octanol–water partition coefficient (Wildman–Crippen LogP) is -0.224. The van der Waals surface area contributed by atoms with E-state index >= 15 is 0 Å². The summed E-state index contributed by atoms with van der Waals surface area (Å²) in [6.45, 7) is 2.71. The van der Waals surface area contributed by atoms with E-state index in [4.69, 9.17) is 10.6 Å². The van der Waals surface area contributed by atoms with Gasteiger partial charge in [0.25, 0.3) is 5.91 Å². The van der Waals surface area contributed by atoms with Crippen LogP contribution in [0.2, 0.25) is 0 Å². The molecule has 8 nitrogen and oxygen atoms in total. The lowest BCUT2D eigenvalue weighted by molar-refractivity contribution is 0.0764. The molecule has 1 amide bonds. The lowest BCUT2D eigenvalue weighted by atomic mass is 10.2. The van der Waals surface area contributed by atoms with Gasteiger partial charge in [0.05, 0.1) is 42.8 Å². The number of nitrogens with zero attached hydrogens (tertiary/aromatic N) is 3. The van der Waals surface area contributed by atoms with E-state index in [1.54, 1.807) is 0 Å². The van der Waals surface area contributed by atoms with Gasteiger partial charge in [0.1, 0.15) is 0 Å². The van der Waals surface area contributed by atoms with Crippen molar-refractivity contribution in [1.82, 2.24) is 14.7 Å². The summed E-state index contributed by atoms with van der Waals surface area (Å²) in [5.74, 6) is 4.59. The van der Waals surface area contributed by atoms with Crippen molar-refractivity contribution in [3.8, 4) is 0 Å². The molecule has 0 atom stereocenters. The summed E-state index contributed by atoms with van der Waals surface area (Å²) < 4.78 is 8.14. The summed E-state index contributed by atoms with van der Waals surface area (Å²) in [5.41, 5.74) is 2.70. The molecule has 0 aliphatic carbocycles. The maximum atomic E-state index is 11.4. The Balaban J connectivity index is 2.01. The molecule has 1 aromatic rings. The van der Waals surface area contributed by atoms with Crippen molar-refractivity contribution in [3.63, 3.8) is 0 Å². The molecule has 0 bridgehead atoms. The number of morpholine rings is 1. The van der Waals surface area contributed by atoms with Crippen LogP contribution in [0.5, 0.6) is 0 Å². The van der Waals surface area contributed by atoms with Crippen LogP contribution in [0, 0.1) is 0 Å². The van der Waals surface area contributed by atoms with Crippen molar-refractivity contribution >= 4 is 23.7 Å². The summed E-state index contributed by atoms with van der Waals surface area (Å²) in [5, 5.41) is 9.96. The van der Waals surface area contributed by atoms with Crippen LogP contribution in [0.1, 0.15) is 10.4 Å². The molecule has 0 spiro atoms. The summed E-state index contributed by atoms with van der Waals surface area (Å²) in [4.78, 5) is 15.3. The van der Waals surface area contributed by atoms with Crippen LogP contribution >= 0.6 is 12.1 Å². The van der Waals surface area contributed by atoms with E-state index in [-0.39, 0.29) is 5.56 Å². The minimum Gasteiger partial charge on any atom is -0.379 e. The van der Waals surface area contributed by atoms with Gasteiger partial charge < -0.3 is 4.74 Å². The first-order valence-corrected chi connectivity index (χ1v) is 6.39. The van der Waals surface area contributed by atoms with Crippen LogP contribution in [-0.2, 0) is 4.74 Å². The number of pyridine rings is 1. The van der Waals surface area contributed by atoms with Crippen molar-refractivity contribution in [3.05, 3.63) is 24.0 Å².